The summed E-state index contributed by atoms with van der Waals surface area (Å²) in [5.74, 6) is -0.202. The number of hydrogen-bond donors (Lipinski definition) is 0. The lowest BCUT2D eigenvalue weighted by Crippen LogP contribution is -2.34. The Hall–Kier alpha value is -3.45. The number of nitrogens with zero attached hydrogens (tertiary/aromatic N) is 2. The minimum absolute atomic E-state index is 0.241. The molecule has 0 N–H and O–H groups in total. The summed E-state index contributed by atoms with van der Waals surface area (Å²) < 4.78 is 20.6. The van der Waals surface area contributed by atoms with Gasteiger partial charge in [0.25, 0.3) is 0 Å². The average Bonchev–Trinajstić information content (AvgIpc) is 3.54. The van der Waals surface area contributed by atoms with Crippen LogP contribution in [0.2, 0.25) is 5.02 Å². The second kappa shape index (κ2) is 9.81. The topological polar surface area (TPSA) is 62.6 Å². The zero-order valence-corrected chi connectivity index (χ0v) is 19.1. The zero-order chi connectivity index (χ0) is 23.4. The summed E-state index contributed by atoms with van der Waals surface area (Å²) in [5, 5.41) is 0.655. The average molecular weight is 475 g/mol. The molecular formula is C27H23ClN2O4. The van der Waals surface area contributed by atoms with Gasteiger partial charge >= 0.3 is 0 Å². The predicted octanol–water partition coefficient (Wildman–Crippen LogP) is 5.36. The van der Waals surface area contributed by atoms with E-state index >= 15 is 0 Å². The van der Waals surface area contributed by atoms with E-state index in [2.05, 4.69) is 4.98 Å². The number of hydrogen-bond acceptors (Lipinski definition) is 5. The number of ether oxygens (including phenoxy) is 3. The van der Waals surface area contributed by atoms with Gasteiger partial charge in [-0.2, -0.15) is 0 Å². The molecule has 7 heteroatoms. The third-order valence-corrected chi connectivity index (χ3v) is 6.02. The number of rotatable bonds is 8. The van der Waals surface area contributed by atoms with Gasteiger partial charge in [0, 0.05) is 28.5 Å². The molecule has 0 aliphatic carbocycles. The molecule has 1 aliphatic heterocycles. The molecule has 0 amide bonds. The van der Waals surface area contributed by atoms with E-state index in [0.717, 1.165) is 28.7 Å². The van der Waals surface area contributed by atoms with Crippen LogP contribution in [0.3, 0.4) is 0 Å². The summed E-state index contributed by atoms with van der Waals surface area (Å²) in [6, 6.07) is 22.8. The van der Waals surface area contributed by atoms with Crippen LogP contribution in [0.1, 0.15) is 15.9 Å². The first-order chi connectivity index (χ1) is 16.6. The Morgan fingerprint density at radius 2 is 1.74 bits per heavy atom. The van der Waals surface area contributed by atoms with Crippen molar-refractivity contribution in [1.29, 1.82) is 0 Å². The fourth-order valence-corrected chi connectivity index (χ4v) is 4.11. The van der Waals surface area contributed by atoms with Gasteiger partial charge in [-0.3, -0.25) is 4.79 Å². The number of imidazole rings is 1. The quantitative estimate of drug-likeness (QED) is 0.321. The molecule has 6 nitrogen and oxygen atoms in total. The normalized spacial score (nSPS) is 19.7. The summed E-state index contributed by atoms with van der Waals surface area (Å²) in [5.41, 5.74) is 3.63. The van der Waals surface area contributed by atoms with Crippen molar-refractivity contribution in [3.05, 3.63) is 108 Å². The second-order valence-electron chi connectivity index (χ2n) is 8.12. The van der Waals surface area contributed by atoms with Crippen molar-refractivity contribution in [3.8, 4) is 16.9 Å². The summed E-state index contributed by atoms with van der Waals surface area (Å²) in [6.07, 6.45) is 5.94. The highest BCUT2D eigenvalue weighted by Gasteiger charge is 2.44. The van der Waals surface area contributed by atoms with Gasteiger partial charge in [-0.05, 0) is 35.4 Å². The molecule has 4 aromatic rings. The van der Waals surface area contributed by atoms with Gasteiger partial charge in [0.2, 0.25) is 5.79 Å². The van der Waals surface area contributed by atoms with Crippen LogP contribution in [-0.2, 0) is 21.8 Å². The maximum absolute atomic E-state index is 10.8. The molecule has 2 heterocycles. The lowest BCUT2D eigenvalue weighted by atomic mass is 10.0. The van der Waals surface area contributed by atoms with Crippen molar-refractivity contribution < 1.29 is 19.0 Å². The number of carbonyl (C=O) groups is 1. The van der Waals surface area contributed by atoms with Crippen molar-refractivity contribution in [2.24, 2.45) is 0 Å². The Labute approximate surface area is 202 Å². The summed E-state index contributed by atoms with van der Waals surface area (Å²) in [7, 11) is 0. The standard InChI is InChI=1S/C27H23ClN2O4/c28-24-9-7-23(8-10-24)27(18-30-14-13-29-19-30)33-17-26(34-27)16-32-25-11-5-22(6-12-25)21-3-1-20(15-31)2-4-21/h1-15,19,26H,16-18H2. The van der Waals surface area contributed by atoms with Crippen LogP contribution >= 0.6 is 11.6 Å². The van der Waals surface area contributed by atoms with E-state index in [9.17, 15) is 4.79 Å². The molecule has 172 valence electrons. The molecule has 1 fully saturated rings. The minimum Gasteiger partial charge on any atom is -0.491 e. The van der Waals surface area contributed by atoms with E-state index < -0.39 is 5.79 Å². The lowest BCUT2D eigenvalue weighted by Gasteiger charge is -2.29. The third-order valence-electron chi connectivity index (χ3n) is 5.76. The van der Waals surface area contributed by atoms with E-state index in [0.29, 0.717) is 30.3 Å². The van der Waals surface area contributed by atoms with Crippen molar-refractivity contribution in [2.75, 3.05) is 13.2 Å². The highest BCUT2D eigenvalue weighted by atomic mass is 35.5. The van der Waals surface area contributed by atoms with Gasteiger partial charge in [0.15, 0.2) is 0 Å². The SMILES string of the molecule is O=Cc1ccc(-c2ccc(OCC3COC(Cn4ccnc4)(c4ccc(Cl)cc4)O3)cc2)cc1. The third kappa shape index (κ3) is 4.89. The fraction of sp³-hybridized carbons (Fsp3) is 0.185. The maximum atomic E-state index is 10.8. The Bertz CT molecular complexity index is 1230. The summed E-state index contributed by atoms with van der Waals surface area (Å²) in [6.45, 7) is 1.22. The molecule has 1 aliphatic rings. The molecule has 1 saturated heterocycles. The van der Waals surface area contributed by atoms with Crippen LogP contribution in [0.25, 0.3) is 11.1 Å². The molecule has 2 unspecified atom stereocenters. The monoisotopic (exact) mass is 474 g/mol. The van der Waals surface area contributed by atoms with Gasteiger partial charge in [-0.1, -0.05) is 60.1 Å². The highest BCUT2D eigenvalue weighted by molar-refractivity contribution is 6.30. The van der Waals surface area contributed by atoms with E-state index in [1.807, 2.05) is 71.4 Å². The Kier molecular flexibility index (Phi) is 6.45. The van der Waals surface area contributed by atoms with E-state index in [1.54, 1.807) is 24.7 Å². The number of carbonyl (C=O) groups excluding carboxylic acids is 1. The molecule has 5 rings (SSSR count). The molecule has 1 aromatic heterocycles. The van der Waals surface area contributed by atoms with Crippen molar-refractivity contribution in [2.45, 2.75) is 18.4 Å². The van der Waals surface area contributed by atoms with E-state index in [4.69, 9.17) is 25.8 Å². The number of aldehydes is 1. The first-order valence-corrected chi connectivity index (χ1v) is 11.3. The first-order valence-electron chi connectivity index (χ1n) is 11.0. The highest BCUT2D eigenvalue weighted by Crippen LogP contribution is 2.37. The number of aromatic nitrogens is 2. The minimum atomic E-state index is -0.948. The second-order valence-corrected chi connectivity index (χ2v) is 8.56. The molecule has 0 radical (unpaired) electrons. The van der Waals surface area contributed by atoms with Crippen molar-refractivity contribution in [3.63, 3.8) is 0 Å². The van der Waals surface area contributed by atoms with Gasteiger partial charge in [0.05, 0.1) is 19.5 Å². The molecule has 3 aromatic carbocycles. The van der Waals surface area contributed by atoms with Crippen LogP contribution in [0, 0.1) is 0 Å². The van der Waals surface area contributed by atoms with Crippen LogP contribution in [0.4, 0.5) is 0 Å². The Morgan fingerprint density at radius 1 is 1.03 bits per heavy atom. The number of benzene rings is 3. The molecule has 2 atom stereocenters. The predicted molar refractivity (Wildman–Crippen MR) is 129 cm³/mol. The molecule has 0 saturated carbocycles. The summed E-state index contributed by atoms with van der Waals surface area (Å²) >= 11 is 6.09. The van der Waals surface area contributed by atoms with E-state index in [-0.39, 0.29) is 6.10 Å². The van der Waals surface area contributed by atoms with Crippen molar-refractivity contribution >= 4 is 17.9 Å². The maximum Gasteiger partial charge on any atom is 0.214 e. The van der Waals surface area contributed by atoms with Crippen LogP contribution in [0.5, 0.6) is 5.75 Å². The first kappa shape index (κ1) is 22.3. The largest absolute Gasteiger partial charge is 0.491 e. The Morgan fingerprint density at radius 3 is 2.38 bits per heavy atom. The van der Waals surface area contributed by atoms with Crippen LogP contribution in [0.15, 0.2) is 91.5 Å². The van der Waals surface area contributed by atoms with Crippen LogP contribution < -0.4 is 4.74 Å². The van der Waals surface area contributed by atoms with Gasteiger partial charge < -0.3 is 18.8 Å². The zero-order valence-electron chi connectivity index (χ0n) is 18.3. The lowest BCUT2D eigenvalue weighted by molar-refractivity contribution is -0.189. The molecule has 0 bridgehead atoms. The smallest absolute Gasteiger partial charge is 0.214 e. The van der Waals surface area contributed by atoms with Gasteiger partial charge in [-0.25, -0.2) is 4.98 Å². The van der Waals surface area contributed by atoms with Crippen molar-refractivity contribution in [1.82, 2.24) is 9.55 Å². The Balaban J connectivity index is 1.25. The molecular weight excluding hydrogens is 452 g/mol. The van der Waals surface area contributed by atoms with E-state index in [1.165, 1.54) is 0 Å². The number of halogens is 1. The molecule has 34 heavy (non-hydrogen) atoms. The molecule has 0 spiro atoms. The fourth-order valence-electron chi connectivity index (χ4n) is 3.98. The summed E-state index contributed by atoms with van der Waals surface area (Å²) in [4.78, 5) is 15.0. The van der Waals surface area contributed by atoms with Gasteiger partial charge in [0.1, 0.15) is 24.7 Å². The van der Waals surface area contributed by atoms with Gasteiger partial charge in [-0.15, -0.1) is 0 Å². The van der Waals surface area contributed by atoms with Crippen LogP contribution in [-0.4, -0.2) is 35.2 Å².